The molecule has 3 nitrogen and oxygen atoms in total. The van der Waals surface area contributed by atoms with E-state index in [0.717, 1.165) is 17.7 Å². The third kappa shape index (κ3) is 3.18. The molecule has 4 heteroatoms. The van der Waals surface area contributed by atoms with Gasteiger partial charge >= 0.3 is 0 Å². The Morgan fingerprint density at radius 2 is 2.05 bits per heavy atom. The van der Waals surface area contributed by atoms with Gasteiger partial charge in [0.05, 0.1) is 0 Å². The number of likely N-dealkylation sites (tertiary alicyclic amines) is 1. The molecule has 1 unspecified atom stereocenters. The molecule has 1 atom stereocenters. The summed E-state index contributed by atoms with van der Waals surface area (Å²) in [5.41, 5.74) is 7.50. The molecule has 110 valence electrons. The lowest BCUT2D eigenvalue weighted by Gasteiger charge is -2.26. The van der Waals surface area contributed by atoms with E-state index in [-0.39, 0.29) is 23.7 Å². The molecular formula is C16H23FN2O. The van der Waals surface area contributed by atoms with Crippen molar-refractivity contribution >= 4 is 5.91 Å². The molecule has 20 heavy (non-hydrogen) atoms. The van der Waals surface area contributed by atoms with E-state index >= 15 is 0 Å². The molecule has 1 aliphatic heterocycles. The molecule has 0 aromatic heterocycles. The minimum Gasteiger partial charge on any atom is -0.338 e. The van der Waals surface area contributed by atoms with Crippen molar-refractivity contribution in [2.24, 2.45) is 17.1 Å². The SMILES string of the molecule is CC(C)(C)C1CC(=O)N(Cc2ccc(F)cc2CN)C1. The molecule has 0 aliphatic carbocycles. The van der Waals surface area contributed by atoms with E-state index in [1.165, 1.54) is 12.1 Å². The number of carbonyl (C=O) groups is 1. The van der Waals surface area contributed by atoms with Gasteiger partial charge in [0.25, 0.3) is 0 Å². The first kappa shape index (κ1) is 15.0. The summed E-state index contributed by atoms with van der Waals surface area (Å²) in [4.78, 5) is 14.0. The topological polar surface area (TPSA) is 46.3 Å². The van der Waals surface area contributed by atoms with Crippen LogP contribution in [0, 0.1) is 17.2 Å². The van der Waals surface area contributed by atoms with Gasteiger partial charge in [0.2, 0.25) is 5.91 Å². The zero-order valence-corrected chi connectivity index (χ0v) is 12.4. The molecule has 1 heterocycles. The number of halogens is 1. The summed E-state index contributed by atoms with van der Waals surface area (Å²) in [5.74, 6) is 0.267. The van der Waals surface area contributed by atoms with Crippen molar-refractivity contribution in [2.75, 3.05) is 6.54 Å². The standard InChI is InChI=1S/C16H23FN2O/c1-16(2,3)13-7-15(20)19(10-13)9-11-4-5-14(17)6-12(11)8-18/h4-6,13H,7-10,18H2,1-3H3. The normalized spacial score (nSPS) is 19.8. The van der Waals surface area contributed by atoms with Crippen LogP contribution in [0.3, 0.4) is 0 Å². The lowest BCUT2D eigenvalue weighted by molar-refractivity contribution is -0.128. The second kappa shape index (κ2) is 5.52. The minimum atomic E-state index is -0.283. The third-order valence-corrected chi connectivity index (χ3v) is 4.19. The van der Waals surface area contributed by atoms with E-state index in [1.807, 2.05) is 4.90 Å². The zero-order chi connectivity index (χ0) is 14.9. The summed E-state index contributed by atoms with van der Waals surface area (Å²) in [6.07, 6.45) is 0.600. The van der Waals surface area contributed by atoms with Crippen LogP contribution in [-0.2, 0) is 17.9 Å². The van der Waals surface area contributed by atoms with Crippen LogP contribution in [-0.4, -0.2) is 17.4 Å². The molecule has 1 amide bonds. The molecule has 1 aromatic rings. The lowest BCUT2D eigenvalue weighted by atomic mass is 9.80. The first-order chi connectivity index (χ1) is 9.31. The first-order valence-corrected chi connectivity index (χ1v) is 7.06. The number of hydrogen-bond donors (Lipinski definition) is 1. The third-order valence-electron chi connectivity index (χ3n) is 4.19. The number of nitrogens with two attached hydrogens (primary N) is 1. The van der Waals surface area contributed by atoms with Crippen LogP contribution in [0.4, 0.5) is 4.39 Å². The number of hydrogen-bond acceptors (Lipinski definition) is 2. The van der Waals surface area contributed by atoms with Crippen LogP contribution < -0.4 is 5.73 Å². The van der Waals surface area contributed by atoms with Crippen molar-refractivity contribution in [3.05, 3.63) is 35.1 Å². The van der Waals surface area contributed by atoms with Crippen molar-refractivity contribution < 1.29 is 9.18 Å². The van der Waals surface area contributed by atoms with Crippen LogP contribution >= 0.6 is 0 Å². The Kier molecular flexibility index (Phi) is 4.14. The highest BCUT2D eigenvalue weighted by Crippen LogP contribution is 2.35. The van der Waals surface area contributed by atoms with E-state index in [4.69, 9.17) is 5.73 Å². The van der Waals surface area contributed by atoms with Crippen molar-refractivity contribution in [1.29, 1.82) is 0 Å². The maximum absolute atomic E-state index is 13.2. The average molecular weight is 278 g/mol. The van der Waals surface area contributed by atoms with Crippen LogP contribution in [0.25, 0.3) is 0 Å². The van der Waals surface area contributed by atoms with Crippen molar-refractivity contribution in [1.82, 2.24) is 4.90 Å². The molecule has 1 aromatic carbocycles. The van der Waals surface area contributed by atoms with Gasteiger partial charge in [0, 0.05) is 26.1 Å². The Bertz CT molecular complexity index is 508. The number of benzene rings is 1. The maximum atomic E-state index is 13.2. The Balaban J connectivity index is 2.13. The van der Waals surface area contributed by atoms with Gasteiger partial charge in [-0.05, 0) is 34.6 Å². The lowest BCUT2D eigenvalue weighted by Crippen LogP contribution is -2.28. The molecule has 1 saturated heterocycles. The highest BCUT2D eigenvalue weighted by Gasteiger charge is 2.36. The Morgan fingerprint density at radius 3 is 2.60 bits per heavy atom. The average Bonchev–Trinajstić information content (AvgIpc) is 2.73. The molecule has 0 radical (unpaired) electrons. The van der Waals surface area contributed by atoms with E-state index in [2.05, 4.69) is 20.8 Å². The number of carbonyl (C=O) groups excluding carboxylic acids is 1. The number of rotatable bonds is 3. The minimum absolute atomic E-state index is 0.129. The Hall–Kier alpha value is -1.42. The van der Waals surface area contributed by atoms with Gasteiger partial charge in [-0.15, -0.1) is 0 Å². The quantitative estimate of drug-likeness (QED) is 0.924. The predicted octanol–water partition coefficient (Wildman–Crippen LogP) is 2.68. The maximum Gasteiger partial charge on any atom is 0.223 e. The fourth-order valence-electron chi connectivity index (χ4n) is 2.65. The largest absolute Gasteiger partial charge is 0.338 e. The van der Waals surface area contributed by atoms with Crippen LogP contribution in [0.5, 0.6) is 0 Å². The summed E-state index contributed by atoms with van der Waals surface area (Å²) in [6.45, 7) is 8.08. The van der Waals surface area contributed by atoms with Gasteiger partial charge in [-0.25, -0.2) is 4.39 Å². The van der Waals surface area contributed by atoms with Crippen molar-refractivity contribution in [3.8, 4) is 0 Å². The van der Waals surface area contributed by atoms with E-state index in [9.17, 15) is 9.18 Å². The smallest absolute Gasteiger partial charge is 0.223 e. The van der Waals surface area contributed by atoms with Crippen LogP contribution in [0.1, 0.15) is 38.3 Å². The fourth-order valence-corrected chi connectivity index (χ4v) is 2.65. The highest BCUT2D eigenvalue weighted by atomic mass is 19.1. The van der Waals surface area contributed by atoms with Gasteiger partial charge < -0.3 is 10.6 Å². The van der Waals surface area contributed by atoms with Gasteiger partial charge in [-0.3, -0.25) is 4.79 Å². The molecule has 1 fully saturated rings. The summed E-state index contributed by atoms with van der Waals surface area (Å²) in [7, 11) is 0. The summed E-state index contributed by atoms with van der Waals surface area (Å²) in [6, 6.07) is 4.61. The fraction of sp³-hybridized carbons (Fsp3) is 0.562. The monoisotopic (exact) mass is 278 g/mol. The molecular weight excluding hydrogens is 255 g/mol. The summed E-state index contributed by atoms with van der Waals surface area (Å²) in [5, 5.41) is 0. The Labute approximate surface area is 120 Å². The second-order valence-corrected chi connectivity index (χ2v) is 6.66. The van der Waals surface area contributed by atoms with Crippen molar-refractivity contribution in [2.45, 2.75) is 40.3 Å². The first-order valence-electron chi connectivity index (χ1n) is 7.06. The molecule has 1 aliphatic rings. The van der Waals surface area contributed by atoms with Crippen LogP contribution in [0.2, 0.25) is 0 Å². The van der Waals surface area contributed by atoms with Gasteiger partial charge in [0.1, 0.15) is 5.82 Å². The molecule has 2 N–H and O–H groups in total. The number of nitrogens with zero attached hydrogens (tertiary/aromatic N) is 1. The van der Waals surface area contributed by atoms with Gasteiger partial charge in [0.15, 0.2) is 0 Å². The van der Waals surface area contributed by atoms with Crippen molar-refractivity contribution in [3.63, 3.8) is 0 Å². The summed E-state index contributed by atoms with van der Waals surface area (Å²) >= 11 is 0. The highest BCUT2D eigenvalue weighted by molar-refractivity contribution is 5.78. The van der Waals surface area contributed by atoms with Gasteiger partial charge in [-0.2, -0.15) is 0 Å². The number of amides is 1. The van der Waals surface area contributed by atoms with Gasteiger partial charge in [-0.1, -0.05) is 26.8 Å². The van der Waals surface area contributed by atoms with Crippen LogP contribution in [0.15, 0.2) is 18.2 Å². The molecule has 0 spiro atoms. The van der Waals surface area contributed by atoms with E-state index in [0.29, 0.717) is 18.9 Å². The zero-order valence-electron chi connectivity index (χ0n) is 12.4. The molecule has 0 saturated carbocycles. The van der Waals surface area contributed by atoms with E-state index < -0.39 is 0 Å². The summed E-state index contributed by atoms with van der Waals surface area (Å²) < 4.78 is 13.2. The second-order valence-electron chi connectivity index (χ2n) is 6.66. The molecule has 2 rings (SSSR count). The van der Waals surface area contributed by atoms with E-state index in [1.54, 1.807) is 6.07 Å². The molecule has 0 bridgehead atoms. The Morgan fingerprint density at radius 1 is 1.35 bits per heavy atom. The predicted molar refractivity (Wildman–Crippen MR) is 77.3 cm³/mol.